The first-order valence-corrected chi connectivity index (χ1v) is 18.7. The van der Waals surface area contributed by atoms with Crippen molar-refractivity contribution in [3.63, 3.8) is 0 Å². The van der Waals surface area contributed by atoms with Crippen molar-refractivity contribution in [2.24, 2.45) is 0 Å². The fourth-order valence-electron chi connectivity index (χ4n) is 6.58. The lowest BCUT2D eigenvalue weighted by molar-refractivity contribution is -0.137. The summed E-state index contributed by atoms with van der Waals surface area (Å²) >= 11 is 0. The number of hydrogen-bond donors (Lipinski definition) is 2. The van der Waals surface area contributed by atoms with Crippen LogP contribution in [0, 0.1) is 0 Å². The van der Waals surface area contributed by atoms with Crippen LogP contribution in [0.25, 0.3) is 0 Å². The molecule has 1 aliphatic heterocycles. The zero-order valence-corrected chi connectivity index (χ0v) is 33.2. The van der Waals surface area contributed by atoms with E-state index in [9.17, 15) is 29.1 Å². The molecule has 0 saturated carbocycles. The molecule has 60 heavy (non-hydrogen) atoms. The Morgan fingerprint density at radius 3 is 1.33 bits per heavy atom. The Balaban J connectivity index is 1.52. The topological polar surface area (TPSA) is 173 Å². The zero-order chi connectivity index (χ0) is 42.8. The van der Waals surface area contributed by atoms with Crippen LogP contribution in [0.5, 0.6) is 17.2 Å². The molecule has 5 aromatic rings. The molecule has 6 rings (SSSR count). The molecule has 0 unspecified atom stereocenters. The van der Waals surface area contributed by atoms with Gasteiger partial charge in [-0.2, -0.15) is 0 Å². The molecular formula is C47H41NO12. The number of methoxy groups -OCH3 is 2. The summed E-state index contributed by atoms with van der Waals surface area (Å²) in [5.74, 6) is -6.45. The number of allylic oxidation sites excluding steroid dienone is 2. The molecule has 2 N–H and O–H groups in total. The van der Waals surface area contributed by atoms with Crippen molar-refractivity contribution in [1.82, 2.24) is 5.32 Å². The van der Waals surface area contributed by atoms with Crippen LogP contribution in [-0.2, 0) is 53.1 Å². The summed E-state index contributed by atoms with van der Waals surface area (Å²) in [6.45, 7) is 2.79. The molecule has 0 aliphatic carbocycles. The van der Waals surface area contributed by atoms with Gasteiger partial charge in [0.25, 0.3) is 0 Å². The first kappa shape index (κ1) is 41.9. The fourth-order valence-corrected chi connectivity index (χ4v) is 6.58. The number of dihydropyridines is 1. The van der Waals surface area contributed by atoms with Gasteiger partial charge in [0.15, 0.2) is 5.75 Å². The van der Waals surface area contributed by atoms with Crippen LogP contribution in [0.2, 0.25) is 0 Å². The van der Waals surface area contributed by atoms with E-state index in [4.69, 9.17) is 28.4 Å². The Bertz CT molecular complexity index is 2360. The number of nitrogens with one attached hydrogen (secondary N) is 1. The van der Waals surface area contributed by atoms with Crippen molar-refractivity contribution in [2.75, 3.05) is 14.2 Å². The van der Waals surface area contributed by atoms with Gasteiger partial charge in [0.2, 0.25) is 0 Å². The number of carbonyl (C=O) groups excluding carboxylic acids is 5. The molecule has 0 saturated heterocycles. The van der Waals surface area contributed by atoms with Crippen LogP contribution in [0.3, 0.4) is 0 Å². The number of hydrogen-bond acceptors (Lipinski definition) is 13. The smallest absolute Gasteiger partial charge is 0.342 e. The monoisotopic (exact) mass is 811 g/mol. The standard InChI is InChI=1S/C47H41NO12/c1-28-39(46(53)55-3)41(40(29(2)48-28)47(54)56-4)33-22-36(44(51)58-26-31-16-10-6-11-17-31)42(37(23-33)45(52)59-27-32-18-12-7-13-19-32)60-34-20-21-38(49)35(24-34)43(50)57-25-30-14-8-5-9-15-30/h5-24,41,48-49H,25-27H2,1-4H3. The van der Waals surface area contributed by atoms with E-state index in [0.29, 0.717) is 28.1 Å². The summed E-state index contributed by atoms with van der Waals surface area (Å²) in [5, 5.41) is 13.8. The van der Waals surface area contributed by atoms with Crippen molar-refractivity contribution in [3.8, 4) is 17.2 Å². The van der Waals surface area contributed by atoms with Crippen LogP contribution >= 0.6 is 0 Å². The van der Waals surface area contributed by atoms with Gasteiger partial charge >= 0.3 is 29.8 Å². The van der Waals surface area contributed by atoms with E-state index in [0.717, 1.165) is 0 Å². The molecule has 0 spiro atoms. The van der Waals surface area contributed by atoms with E-state index in [1.165, 1.54) is 44.6 Å². The second-order valence-corrected chi connectivity index (χ2v) is 13.5. The molecule has 13 heteroatoms. The van der Waals surface area contributed by atoms with Crippen LogP contribution in [0.15, 0.2) is 144 Å². The van der Waals surface area contributed by atoms with Gasteiger partial charge < -0.3 is 38.8 Å². The molecule has 0 fully saturated rings. The van der Waals surface area contributed by atoms with Gasteiger partial charge in [0.1, 0.15) is 48.0 Å². The second-order valence-electron chi connectivity index (χ2n) is 13.5. The van der Waals surface area contributed by atoms with Crippen LogP contribution in [0.1, 0.15) is 73.1 Å². The second kappa shape index (κ2) is 19.2. The van der Waals surface area contributed by atoms with Gasteiger partial charge in [-0.25, -0.2) is 24.0 Å². The Hall–Kier alpha value is -7.67. The SMILES string of the molecule is COC(=O)C1=C(C)NC(C)=C(C(=O)OC)C1c1cc(C(=O)OCc2ccccc2)c(Oc2ccc(O)c(C(=O)OCc3ccccc3)c2)c(C(=O)OCc2ccccc2)c1. The molecule has 13 nitrogen and oxygen atoms in total. The average molecular weight is 812 g/mol. The van der Waals surface area contributed by atoms with E-state index in [1.54, 1.807) is 98.8 Å². The third kappa shape index (κ3) is 9.71. The average Bonchev–Trinajstić information content (AvgIpc) is 3.27. The lowest BCUT2D eigenvalue weighted by Gasteiger charge is -2.30. The first-order valence-electron chi connectivity index (χ1n) is 18.7. The third-order valence-corrected chi connectivity index (χ3v) is 9.50. The molecule has 1 aliphatic rings. The highest BCUT2D eigenvalue weighted by Crippen LogP contribution is 2.43. The highest BCUT2D eigenvalue weighted by Gasteiger charge is 2.39. The number of ether oxygens (including phenoxy) is 6. The lowest BCUT2D eigenvalue weighted by atomic mass is 9.79. The van der Waals surface area contributed by atoms with Crippen molar-refractivity contribution in [3.05, 3.63) is 183 Å². The largest absolute Gasteiger partial charge is 0.507 e. The van der Waals surface area contributed by atoms with E-state index in [-0.39, 0.29) is 64.7 Å². The zero-order valence-electron chi connectivity index (χ0n) is 33.2. The predicted molar refractivity (Wildman–Crippen MR) is 217 cm³/mol. The fraction of sp³-hybridized carbons (Fsp3) is 0.170. The summed E-state index contributed by atoms with van der Waals surface area (Å²) in [7, 11) is 2.36. The Labute approximate surface area is 345 Å². The van der Waals surface area contributed by atoms with Crippen LogP contribution < -0.4 is 10.1 Å². The van der Waals surface area contributed by atoms with Gasteiger partial charge in [-0.1, -0.05) is 91.0 Å². The van der Waals surface area contributed by atoms with E-state index in [1.807, 2.05) is 6.07 Å². The van der Waals surface area contributed by atoms with Gasteiger partial charge in [-0.15, -0.1) is 0 Å². The van der Waals surface area contributed by atoms with Crippen molar-refractivity contribution in [2.45, 2.75) is 39.6 Å². The molecule has 306 valence electrons. The Morgan fingerprint density at radius 2 is 0.933 bits per heavy atom. The maximum Gasteiger partial charge on any atom is 0.342 e. The van der Waals surface area contributed by atoms with Gasteiger partial charge in [0.05, 0.1) is 31.3 Å². The first-order chi connectivity index (χ1) is 29.0. The highest BCUT2D eigenvalue weighted by molar-refractivity contribution is 6.03. The number of rotatable bonds is 14. The van der Waals surface area contributed by atoms with Gasteiger partial charge in [-0.05, 0) is 66.4 Å². The van der Waals surface area contributed by atoms with Crippen LogP contribution in [0.4, 0.5) is 0 Å². The number of phenols is 1. The number of aromatic hydroxyl groups is 1. The summed E-state index contributed by atoms with van der Waals surface area (Å²) in [6.07, 6.45) is 0. The maximum atomic E-state index is 14.4. The van der Waals surface area contributed by atoms with Crippen LogP contribution in [-0.4, -0.2) is 49.2 Å². The quantitative estimate of drug-likeness (QED) is 0.0821. The minimum atomic E-state index is -1.23. The summed E-state index contributed by atoms with van der Waals surface area (Å²) in [6, 6.07) is 33.1. The molecule has 1 heterocycles. The summed E-state index contributed by atoms with van der Waals surface area (Å²) < 4.78 is 33.6. The minimum Gasteiger partial charge on any atom is -0.507 e. The predicted octanol–water partition coefficient (Wildman–Crippen LogP) is 7.84. The van der Waals surface area contributed by atoms with Gasteiger partial charge in [-0.3, -0.25) is 0 Å². The summed E-state index contributed by atoms with van der Waals surface area (Å²) in [5.41, 5.74) is 1.94. The molecule has 0 aromatic heterocycles. The third-order valence-electron chi connectivity index (χ3n) is 9.50. The van der Waals surface area contributed by atoms with Crippen molar-refractivity contribution in [1.29, 1.82) is 0 Å². The number of esters is 5. The number of phenolic OH excluding ortho intramolecular Hbond substituents is 1. The van der Waals surface area contributed by atoms with Crippen molar-refractivity contribution >= 4 is 29.8 Å². The maximum absolute atomic E-state index is 14.4. The van der Waals surface area contributed by atoms with E-state index in [2.05, 4.69) is 5.32 Å². The molecule has 0 bridgehead atoms. The molecule has 0 atom stereocenters. The van der Waals surface area contributed by atoms with Crippen molar-refractivity contribution < 1.29 is 57.5 Å². The van der Waals surface area contributed by atoms with E-state index >= 15 is 0 Å². The number of carbonyl (C=O) groups is 5. The molecule has 0 amide bonds. The Morgan fingerprint density at radius 1 is 0.533 bits per heavy atom. The lowest BCUT2D eigenvalue weighted by Crippen LogP contribution is -2.32. The van der Waals surface area contributed by atoms with E-state index < -0.39 is 41.5 Å². The number of benzene rings is 5. The minimum absolute atomic E-state index is 0.00145. The normalized spacial score (nSPS) is 12.5. The molecule has 0 radical (unpaired) electrons. The van der Waals surface area contributed by atoms with Gasteiger partial charge in [0, 0.05) is 11.4 Å². The highest BCUT2D eigenvalue weighted by atomic mass is 16.6. The summed E-state index contributed by atoms with van der Waals surface area (Å²) in [4.78, 5) is 68.9. The Kier molecular flexibility index (Phi) is 13.4. The molecule has 5 aromatic carbocycles. The molecular weight excluding hydrogens is 771 g/mol.